The minimum Gasteiger partial charge on any atom is -0.317 e. The van der Waals surface area contributed by atoms with Gasteiger partial charge in [-0.05, 0) is 45.6 Å². The van der Waals surface area contributed by atoms with Crippen molar-refractivity contribution in [3.63, 3.8) is 0 Å². The van der Waals surface area contributed by atoms with Gasteiger partial charge in [0.05, 0.1) is 6.04 Å². The molecule has 2 fully saturated rings. The maximum Gasteiger partial charge on any atom is 0.146 e. The van der Waals surface area contributed by atoms with Crippen LogP contribution in [0.3, 0.4) is 0 Å². The second-order valence-electron chi connectivity index (χ2n) is 4.73. The van der Waals surface area contributed by atoms with E-state index in [1.165, 1.54) is 19.3 Å². The highest BCUT2D eigenvalue weighted by Crippen LogP contribution is 2.33. The fraction of sp³-hybridized carbons (Fsp3) is 0.909. The van der Waals surface area contributed by atoms with Crippen molar-refractivity contribution in [2.24, 2.45) is 5.92 Å². The van der Waals surface area contributed by atoms with Crippen LogP contribution < -0.4 is 10.6 Å². The van der Waals surface area contributed by atoms with Crippen molar-refractivity contribution in [3.05, 3.63) is 0 Å². The Hall–Kier alpha value is -0.410. The predicted molar refractivity (Wildman–Crippen MR) is 56.2 cm³/mol. The molecule has 2 aliphatic rings. The summed E-state index contributed by atoms with van der Waals surface area (Å²) in [7, 11) is 2.04. The molecule has 0 aromatic rings. The van der Waals surface area contributed by atoms with E-state index >= 15 is 0 Å². The molecule has 0 spiro atoms. The molecule has 0 amide bonds. The van der Waals surface area contributed by atoms with Gasteiger partial charge in [0.25, 0.3) is 0 Å². The van der Waals surface area contributed by atoms with E-state index in [0.29, 0.717) is 17.9 Å². The molecule has 3 nitrogen and oxygen atoms in total. The summed E-state index contributed by atoms with van der Waals surface area (Å²) in [6.45, 7) is 1.70. The molecule has 0 aromatic heterocycles. The van der Waals surface area contributed by atoms with Crippen LogP contribution in [0.25, 0.3) is 0 Å². The number of carbonyl (C=O) groups excluding carboxylic acids is 1. The molecule has 80 valence electrons. The van der Waals surface area contributed by atoms with Gasteiger partial charge in [0.2, 0.25) is 0 Å². The number of rotatable bonds is 2. The van der Waals surface area contributed by atoms with Crippen molar-refractivity contribution in [2.45, 2.75) is 50.7 Å². The lowest BCUT2D eigenvalue weighted by Gasteiger charge is -2.31. The summed E-state index contributed by atoms with van der Waals surface area (Å²) in [5.74, 6) is 1.02. The van der Waals surface area contributed by atoms with E-state index in [9.17, 15) is 4.79 Å². The smallest absolute Gasteiger partial charge is 0.146 e. The first-order valence-electron chi connectivity index (χ1n) is 5.64. The summed E-state index contributed by atoms with van der Waals surface area (Å²) in [6, 6.07) is 1.41. The quantitative estimate of drug-likeness (QED) is 0.683. The minimum absolute atomic E-state index is 0.139. The van der Waals surface area contributed by atoms with Crippen LogP contribution in [-0.2, 0) is 4.79 Å². The lowest BCUT2D eigenvalue weighted by Crippen LogP contribution is -2.41. The summed E-state index contributed by atoms with van der Waals surface area (Å²) in [4.78, 5) is 11.3. The predicted octanol–water partition coefficient (Wildman–Crippen LogP) is 0.694. The second kappa shape index (κ2) is 3.99. The van der Waals surface area contributed by atoms with Crippen molar-refractivity contribution in [1.29, 1.82) is 0 Å². The molecule has 3 heteroatoms. The standard InChI is InChI=1S/C11H20N2O/c1-7(14)11-6-8-5-9(12-2)3-4-10(8)13-11/h8-13H,3-6H2,1-2H3. The normalized spacial score (nSPS) is 42.1. The molecular weight excluding hydrogens is 176 g/mol. The van der Waals surface area contributed by atoms with Crippen LogP contribution in [0, 0.1) is 5.92 Å². The van der Waals surface area contributed by atoms with Gasteiger partial charge in [-0.1, -0.05) is 0 Å². The topological polar surface area (TPSA) is 41.1 Å². The first-order valence-corrected chi connectivity index (χ1v) is 5.64. The van der Waals surface area contributed by atoms with E-state index in [2.05, 4.69) is 10.6 Å². The van der Waals surface area contributed by atoms with Crippen molar-refractivity contribution >= 4 is 5.78 Å². The van der Waals surface area contributed by atoms with Gasteiger partial charge in [0.15, 0.2) is 0 Å². The first kappa shape index (κ1) is 10.1. The van der Waals surface area contributed by atoms with E-state index in [1.807, 2.05) is 7.05 Å². The molecule has 2 N–H and O–H groups in total. The van der Waals surface area contributed by atoms with Gasteiger partial charge in [-0.15, -0.1) is 0 Å². The van der Waals surface area contributed by atoms with Gasteiger partial charge >= 0.3 is 0 Å². The van der Waals surface area contributed by atoms with Crippen molar-refractivity contribution < 1.29 is 4.79 Å². The summed E-state index contributed by atoms with van der Waals surface area (Å²) in [5, 5.41) is 6.81. The minimum atomic E-state index is 0.139. The zero-order valence-corrected chi connectivity index (χ0v) is 9.05. The number of hydrogen-bond acceptors (Lipinski definition) is 3. The van der Waals surface area contributed by atoms with E-state index < -0.39 is 0 Å². The molecule has 1 saturated heterocycles. The van der Waals surface area contributed by atoms with Crippen LogP contribution in [0.2, 0.25) is 0 Å². The molecule has 0 radical (unpaired) electrons. The average molecular weight is 196 g/mol. The molecule has 1 aliphatic carbocycles. The van der Waals surface area contributed by atoms with Crippen molar-refractivity contribution in [3.8, 4) is 0 Å². The lowest BCUT2D eigenvalue weighted by atomic mass is 9.82. The van der Waals surface area contributed by atoms with Crippen LogP contribution in [0.1, 0.15) is 32.6 Å². The molecule has 1 saturated carbocycles. The Labute approximate surface area is 85.6 Å². The average Bonchev–Trinajstić information content (AvgIpc) is 2.59. The Morgan fingerprint density at radius 3 is 2.79 bits per heavy atom. The third kappa shape index (κ3) is 1.84. The number of fused-ring (bicyclic) bond motifs is 1. The fourth-order valence-electron chi connectivity index (χ4n) is 2.92. The molecule has 1 aliphatic heterocycles. The summed E-state index contributed by atoms with van der Waals surface area (Å²) >= 11 is 0. The van der Waals surface area contributed by atoms with Crippen LogP contribution in [-0.4, -0.2) is 31.0 Å². The number of carbonyl (C=O) groups is 1. The molecule has 0 aromatic carbocycles. The second-order valence-corrected chi connectivity index (χ2v) is 4.73. The van der Waals surface area contributed by atoms with Gasteiger partial charge in [-0.25, -0.2) is 0 Å². The molecule has 4 unspecified atom stereocenters. The molecule has 2 rings (SSSR count). The largest absolute Gasteiger partial charge is 0.317 e. The van der Waals surface area contributed by atoms with Gasteiger partial charge in [-0.2, -0.15) is 0 Å². The first-order chi connectivity index (χ1) is 6.70. The van der Waals surface area contributed by atoms with Crippen LogP contribution >= 0.6 is 0 Å². The van der Waals surface area contributed by atoms with Gasteiger partial charge in [0.1, 0.15) is 5.78 Å². The van der Waals surface area contributed by atoms with Gasteiger partial charge < -0.3 is 10.6 Å². The third-order valence-electron chi connectivity index (χ3n) is 3.84. The molecular formula is C11H20N2O. The highest BCUT2D eigenvalue weighted by molar-refractivity contribution is 5.81. The van der Waals surface area contributed by atoms with E-state index in [0.717, 1.165) is 12.3 Å². The monoisotopic (exact) mass is 196 g/mol. The SMILES string of the molecule is CNC1CCC2NC(C(C)=O)CC2C1. The Morgan fingerprint density at radius 1 is 1.36 bits per heavy atom. The number of hydrogen-bond donors (Lipinski definition) is 2. The highest BCUT2D eigenvalue weighted by atomic mass is 16.1. The van der Waals surface area contributed by atoms with Crippen LogP contribution in [0.4, 0.5) is 0 Å². The fourth-order valence-corrected chi connectivity index (χ4v) is 2.92. The summed E-state index contributed by atoms with van der Waals surface area (Å²) in [5.41, 5.74) is 0. The van der Waals surface area contributed by atoms with Crippen molar-refractivity contribution in [2.75, 3.05) is 7.05 Å². The van der Waals surface area contributed by atoms with Gasteiger partial charge in [-0.3, -0.25) is 4.79 Å². The van der Waals surface area contributed by atoms with E-state index in [4.69, 9.17) is 0 Å². The maximum atomic E-state index is 11.3. The zero-order valence-electron chi connectivity index (χ0n) is 9.05. The maximum absolute atomic E-state index is 11.3. The number of nitrogens with one attached hydrogen (secondary N) is 2. The van der Waals surface area contributed by atoms with Crippen LogP contribution in [0.15, 0.2) is 0 Å². The highest BCUT2D eigenvalue weighted by Gasteiger charge is 2.39. The Bertz CT molecular complexity index is 229. The molecule has 14 heavy (non-hydrogen) atoms. The third-order valence-corrected chi connectivity index (χ3v) is 3.84. The van der Waals surface area contributed by atoms with E-state index in [1.54, 1.807) is 6.92 Å². The Morgan fingerprint density at radius 2 is 2.14 bits per heavy atom. The zero-order chi connectivity index (χ0) is 10.1. The summed E-state index contributed by atoms with van der Waals surface area (Å²) < 4.78 is 0. The van der Waals surface area contributed by atoms with E-state index in [-0.39, 0.29) is 6.04 Å². The lowest BCUT2D eigenvalue weighted by molar-refractivity contribution is -0.118. The summed E-state index contributed by atoms with van der Waals surface area (Å²) in [6.07, 6.45) is 4.76. The van der Waals surface area contributed by atoms with Gasteiger partial charge in [0, 0.05) is 12.1 Å². The molecule has 0 bridgehead atoms. The van der Waals surface area contributed by atoms with Crippen molar-refractivity contribution in [1.82, 2.24) is 10.6 Å². The Balaban J connectivity index is 1.95. The number of ketones is 1. The molecule has 1 heterocycles. The number of Topliss-reactive ketones (excluding diaryl/α,β-unsaturated/α-hetero) is 1. The van der Waals surface area contributed by atoms with Crippen LogP contribution in [0.5, 0.6) is 0 Å². The Kier molecular flexibility index (Phi) is 2.88. The molecule has 4 atom stereocenters.